The monoisotopic (exact) mass is 384 g/mol. The maximum atomic E-state index is 13.2. The first-order chi connectivity index (χ1) is 12.8. The molecule has 0 aliphatic carbocycles. The van der Waals surface area contributed by atoms with Gasteiger partial charge in [-0.3, -0.25) is 9.69 Å². The van der Waals surface area contributed by atoms with Gasteiger partial charge in [-0.05, 0) is 43.4 Å². The van der Waals surface area contributed by atoms with Crippen molar-refractivity contribution in [2.45, 2.75) is 23.8 Å². The van der Waals surface area contributed by atoms with Crippen molar-refractivity contribution in [3.63, 3.8) is 0 Å². The molecule has 3 aromatic rings. The Labute approximate surface area is 161 Å². The van der Waals surface area contributed by atoms with Crippen LogP contribution in [0.25, 0.3) is 10.2 Å². The van der Waals surface area contributed by atoms with Crippen molar-refractivity contribution in [2.75, 3.05) is 24.3 Å². The highest BCUT2D eigenvalue weighted by Gasteiger charge is 2.27. The van der Waals surface area contributed by atoms with Gasteiger partial charge in [0.2, 0.25) is 0 Å². The van der Waals surface area contributed by atoms with Crippen molar-refractivity contribution >= 4 is 44.4 Å². The molecule has 0 radical (unpaired) electrons. The van der Waals surface area contributed by atoms with Crippen LogP contribution in [0.2, 0.25) is 0 Å². The molecule has 0 N–H and O–H groups in total. The van der Waals surface area contributed by atoms with Gasteiger partial charge in [0.15, 0.2) is 5.13 Å². The van der Waals surface area contributed by atoms with Gasteiger partial charge in [-0.2, -0.15) is 0 Å². The lowest BCUT2D eigenvalue weighted by Crippen LogP contribution is -2.37. The predicted octanol–water partition coefficient (Wildman–Crippen LogP) is 4.84. The number of hydrogen-bond donors (Lipinski definition) is 0. The van der Waals surface area contributed by atoms with Gasteiger partial charge in [0.25, 0.3) is 5.91 Å². The van der Waals surface area contributed by atoms with Crippen molar-refractivity contribution < 1.29 is 9.53 Å². The molecule has 4 nitrogen and oxygen atoms in total. The average molecular weight is 385 g/mol. The first-order valence-corrected chi connectivity index (χ1v) is 10.7. The first kappa shape index (κ1) is 17.5. The molecule has 1 aliphatic heterocycles. The molecule has 2 heterocycles. The Balaban J connectivity index is 1.73. The summed E-state index contributed by atoms with van der Waals surface area (Å²) < 4.78 is 6.89. The van der Waals surface area contributed by atoms with Crippen LogP contribution < -0.4 is 4.90 Å². The Kier molecular flexibility index (Phi) is 5.24. The molecular formula is C20H20N2O2S2. The normalized spacial score (nSPS) is 16.9. The molecule has 1 amide bonds. The number of anilines is 1. The summed E-state index contributed by atoms with van der Waals surface area (Å²) in [6.45, 7) is 1.32. The fourth-order valence-corrected chi connectivity index (χ4v) is 4.80. The van der Waals surface area contributed by atoms with Crippen LogP contribution in [0.3, 0.4) is 0 Å². The number of para-hydroxylation sites is 1. The highest BCUT2D eigenvalue weighted by atomic mass is 32.2. The van der Waals surface area contributed by atoms with Crippen molar-refractivity contribution in [2.24, 2.45) is 0 Å². The standard InChI is InChI=1S/C20H20N2O2S2/c1-25-16-10-5-11-17-18(16)21-20(26-17)22(13-15-9-6-12-24-15)19(23)14-7-3-2-4-8-14/h2-5,7-8,10-11,15H,6,9,12-13H2,1H3/t15-/m0/s1. The molecule has 4 rings (SSSR count). The third-order valence-electron chi connectivity index (χ3n) is 4.50. The zero-order valence-electron chi connectivity index (χ0n) is 14.6. The summed E-state index contributed by atoms with van der Waals surface area (Å²) in [6.07, 6.45) is 4.16. The summed E-state index contributed by atoms with van der Waals surface area (Å²) in [5, 5.41) is 0.742. The van der Waals surface area contributed by atoms with E-state index >= 15 is 0 Å². The lowest BCUT2D eigenvalue weighted by molar-refractivity contribution is 0.0917. The number of carbonyl (C=O) groups is 1. The van der Waals surface area contributed by atoms with E-state index < -0.39 is 0 Å². The fraction of sp³-hybridized carbons (Fsp3) is 0.300. The van der Waals surface area contributed by atoms with E-state index in [1.54, 1.807) is 28.0 Å². The number of amides is 1. The number of ether oxygens (including phenoxy) is 1. The topological polar surface area (TPSA) is 42.4 Å². The summed E-state index contributed by atoms with van der Waals surface area (Å²) in [5.41, 5.74) is 1.65. The van der Waals surface area contributed by atoms with Crippen LogP contribution in [0.5, 0.6) is 0 Å². The van der Waals surface area contributed by atoms with Gasteiger partial charge < -0.3 is 4.74 Å². The van der Waals surface area contributed by atoms with Gasteiger partial charge in [0, 0.05) is 17.1 Å². The van der Waals surface area contributed by atoms with Crippen molar-refractivity contribution in [1.82, 2.24) is 4.98 Å². The zero-order valence-corrected chi connectivity index (χ0v) is 16.2. The molecule has 0 unspecified atom stereocenters. The minimum Gasteiger partial charge on any atom is -0.376 e. The lowest BCUT2D eigenvalue weighted by atomic mass is 10.2. The zero-order chi connectivity index (χ0) is 17.9. The van der Waals surface area contributed by atoms with Gasteiger partial charge in [0.05, 0.1) is 22.9 Å². The number of thiazole rings is 1. The maximum Gasteiger partial charge on any atom is 0.260 e. The van der Waals surface area contributed by atoms with Crippen LogP contribution >= 0.6 is 23.1 Å². The number of thioether (sulfide) groups is 1. The third kappa shape index (κ3) is 3.49. The highest BCUT2D eigenvalue weighted by molar-refractivity contribution is 7.98. The van der Waals surface area contributed by atoms with E-state index in [2.05, 4.69) is 12.1 Å². The summed E-state index contributed by atoms with van der Waals surface area (Å²) in [6, 6.07) is 15.6. The van der Waals surface area contributed by atoms with Gasteiger partial charge in [-0.15, -0.1) is 11.8 Å². The number of fused-ring (bicyclic) bond motifs is 1. The molecule has 6 heteroatoms. The molecule has 0 bridgehead atoms. The van der Waals surface area contributed by atoms with E-state index in [4.69, 9.17) is 9.72 Å². The number of hydrogen-bond acceptors (Lipinski definition) is 5. The van der Waals surface area contributed by atoms with Gasteiger partial charge >= 0.3 is 0 Å². The van der Waals surface area contributed by atoms with Crippen molar-refractivity contribution in [1.29, 1.82) is 0 Å². The molecule has 1 fully saturated rings. The van der Waals surface area contributed by atoms with Crippen LogP contribution in [-0.4, -0.2) is 36.4 Å². The average Bonchev–Trinajstić information content (AvgIpc) is 3.35. The van der Waals surface area contributed by atoms with Crippen LogP contribution in [0.1, 0.15) is 23.2 Å². The Morgan fingerprint density at radius 2 is 2.12 bits per heavy atom. The van der Waals surface area contributed by atoms with Gasteiger partial charge in [0.1, 0.15) is 0 Å². The van der Waals surface area contributed by atoms with Crippen LogP contribution in [-0.2, 0) is 4.74 Å². The molecule has 26 heavy (non-hydrogen) atoms. The predicted molar refractivity (Wildman–Crippen MR) is 108 cm³/mol. The number of nitrogens with zero attached hydrogens (tertiary/aromatic N) is 2. The van der Waals surface area contributed by atoms with E-state index in [1.807, 2.05) is 42.7 Å². The van der Waals surface area contributed by atoms with Crippen molar-refractivity contribution in [3.05, 3.63) is 54.1 Å². The second kappa shape index (κ2) is 7.78. The van der Waals surface area contributed by atoms with E-state index in [9.17, 15) is 4.79 Å². The molecule has 0 saturated carbocycles. The van der Waals surface area contributed by atoms with Gasteiger partial charge in [-0.1, -0.05) is 35.6 Å². The molecule has 1 saturated heterocycles. The lowest BCUT2D eigenvalue weighted by Gasteiger charge is -2.23. The van der Waals surface area contributed by atoms with Crippen molar-refractivity contribution in [3.8, 4) is 0 Å². The smallest absolute Gasteiger partial charge is 0.260 e. The second-order valence-electron chi connectivity index (χ2n) is 6.22. The third-order valence-corrected chi connectivity index (χ3v) is 6.31. The molecule has 1 atom stereocenters. The van der Waals surface area contributed by atoms with E-state index in [0.29, 0.717) is 12.1 Å². The first-order valence-electron chi connectivity index (χ1n) is 8.68. The summed E-state index contributed by atoms with van der Waals surface area (Å²) in [4.78, 5) is 20.9. The number of rotatable bonds is 5. The van der Waals surface area contributed by atoms with Crippen LogP contribution in [0, 0.1) is 0 Å². The molecule has 0 spiro atoms. The number of aromatic nitrogens is 1. The van der Waals surface area contributed by atoms with Gasteiger partial charge in [-0.25, -0.2) is 4.98 Å². The Morgan fingerprint density at radius 3 is 2.85 bits per heavy atom. The Hall–Kier alpha value is -1.89. The molecule has 1 aliphatic rings. The maximum absolute atomic E-state index is 13.2. The number of benzene rings is 2. The molecule has 2 aromatic carbocycles. The van der Waals surface area contributed by atoms with E-state index in [1.165, 1.54) is 0 Å². The van der Waals surface area contributed by atoms with Crippen LogP contribution in [0.4, 0.5) is 5.13 Å². The van der Waals surface area contributed by atoms with Crippen LogP contribution in [0.15, 0.2) is 53.4 Å². The summed E-state index contributed by atoms with van der Waals surface area (Å²) in [7, 11) is 0. The largest absolute Gasteiger partial charge is 0.376 e. The molecule has 1 aromatic heterocycles. The van der Waals surface area contributed by atoms with E-state index in [0.717, 1.165) is 39.7 Å². The highest BCUT2D eigenvalue weighted by Crippen LogP contribution is 2.35. The molecular weight excluding hydrogens is 364 g/mol. The Morgan fingerprint density at radius 1 is 1.27 bits per heavy atom. The van der Waals surface area contributed by atoms with E-state index in [-0.39, 0.29) is 12.0 Å². The Bertz CT molecular complexity index is 905. The molecule has 134 valence electrons. The SMILES string of the molecule is CSc1cccc2sc(N(C[C@@H]3CCCO3)C(=O)c3ccccc3)nc12. The number of carbonyl (C=O) groups excluding carboxylic acids is 1. The fourth-order valence-electron chi connectivity index (χ4n) is 3.17. The second-order valence-corrected chi connectivity index (χ2v) is 8.08. The minimum absolute atomic E-state index is 0.0224. The quantitative estimate of drug-likeness (QED) is 0.590. The summed E-state index contributed by atoms with van der Waals surface area (Å²) in [5.74, 6) is -0.0224. The minimum atomic E-state index is -0.0224. The summed E-state index contributed by atoms with van der Waals surface area (Å²) >= 11 is 3.24.